The first-order chi connectivity index (χ1) is 21.8. The zero-order chi connectivity index (χ0) is 31.8. The maximum Gasteiger partial charge on any atom is 0.220 e. The molecule has 2 saturated heterocycles. The number of amides is 1. The molecular weight excluding hydrogens is 588 g/mol. The lowest BCUT2D eigenvalue weighted by atomic mass is 9.69. The Morgan fingerprint density at radius 2 is 1.89 bits per heavy atom. The fraction of sp³-hybridized carbons (Fsp3) is 0.943. The molecule has 11 atom stereocenters. The molecule has 0 radical (unpaired) electrons. The van der Waals surface area contributed by atoms with Crippen LogP contribution in [-0.4, -0.2) is 117 Å². The van der Waals surface area contributed by atoms with E-state index in [2.05, 4.69) is 31.8 Å². The number of carbonyl (C=O) groups is 1. The van der Waals surface area contributed by atoms with E-state index in [1.807, 2.05) is 21.0 Å². The van der Waals surface area contributed by atoms with Gasteiger partial charge in [0.1, 0.15) is 0 Å². The summed E-state index contributed by atoms with van der Waals surface area (Å²) in [5.74, 6) is 2.07. The molecule has 11 unspecified atom stereocenters. The molecule has 10 heteroatoms. The normalized spacial score (nSPS) is 39.1. The number of hydrogen-bond donors (Lipinski definition) is 3. The highest BCUT2D eigenvalue weighted by molar-refractivity contribution is 6.21. The maximum atomic E-state index is 12.9. The summed E-state index contributed by atoms with van der Waals surface area (Å²) >= 11 is 6.99. The number of rotatable bonds is 13. The van der Waals surface area contributed by atoms with Crippen LogP contribution in [0.5, 0.6) is 0 Å². The molecule has 256 valence electrons. The molecule has 0 aromatic carbocycles. The molecule has 1 amide bonds. The lowest BCUT2D eigenvalue weighted by Crippen LogP contribution is -2.66. The van der Waals surface area contributed by atoms with Gasteiger partial charge in [-0.1, -0.05) is 19.3 Å². The fourth-order valence-corrected chi connectivity index (χ4v) is 9.61. The lowest BCUT2D eigenvalue weighted by Gasteiger charge is -2.50. The monoisotopic (exact) mass is 648 g/mol. The summed E-state index contributed by atoms with van der Waals surface area (Å²) in [5, 5.41) is 21.1. The molecule has 9 nitrogen and oxygen atoms in total. The SMILES string of the molecule is CCOC1CC2NCC(C#N)C(NC3CCC(OCCN4CCC5CCCCC5C4)C(Cl)C3)C2CC1NC(=O)CCCN(C)C. The van der Waals surface area contributed by atoms with Gasteiger partial charge in [-0.05, 0) is 103 Å². The predicted molar refractivity (Wildman–Crippen MR) is 179 cm³/mol. The predicted octanol–water partition coefficient (Wildman–Crippen LogP) is 3.76. The molecule has 2 aliphatic heterocycles. The van der Waals surface area contributed by atoms with E-state index in [-0.39, 0.29) is 59.5 Å². The van der Waals surface area contributed by atoms with Gasteiger partial charge >= 0.3 is 0 Å². The van der Waals surface area contributed by atoms with Gasteiger partial charge in [0.2, 0.25) is 5.91 Å². The minimum Gasteiger partial charge on any atom is -0.376 e. The van der Waals surface area contributed by atoms with Gasteiger partial charge in [-0.2, -0.15) is 5.26 Å². The van der Waals surface area contributed by atoms with E-state index in [4.69, 9.17) is 21.1 Å². The van der Waals surface area contributed by atoms with Crippen LogP contribution in [0.4, 0.5) is 0 Å². The highest BCUT2D eigenvalue weighted by Crippen LogP contribution is 2.38. The van der Waals surface area contributed by atoms with Gasteiger partial charge in [-0.3, -0.25) is 4.79 Å². The Morgan fingerprint density at radius 3 is 2.64 bits per heavy atom. The highest BCUT2D eigenvalue weighted by Gasteiger charge is 2.47. The Balaban J connectivity index is 1.11. The van der Waals surface area contributed by atoms with Gasteiger partial charge in [-0.15, -0.1) is 11.6 Å². The number of nitrogens with one attached hydrogen (secondary N) is 3. The zero-order valence-electron chi connectivity index (χ0n) is 28.2. The summed E-state index contributed by atoms with van der Waals surface area (Å²) < 4.78 is 12.6. The van der Waals surface area contributed by atoms with Crippen molar-refractivity contribution in [1.82, 2.24) is 25.8 Å². The van der Waals surface area contributed by atoms with Crippen LogP contribution in [0.1, 0.15) is 84.0 Å². The largest absolute Gasteiger partial charge is 0.376 e. The summed E-state index contributed by atoms with van der Waals surface area (Å²) in [6.45, 7) is 8.47. The third-order valence-corrected chi connectivity index (χ3v) is 12.1. The number of nitrogens with zero attached hydrogens (tertiary/aromatic N) is 3. The van der Waals surface area contributed by atoms with Gasteiger partial charge in [0.25, 0.3) is 0 Å². The van der Waals surface area contributed by atoms with Crippen molar-refractivity contribution in [2.45, 2.75) is 126 Å². The van der Waals surface area contributed by atoms with Crippen LogP contribution in [0.15, 0.2) is 0 Å². The van der Waals surface area contributed by atoms with Crippen molar-refractivity contribution in [2.75, 3.05) is 60.0 Å². The van der Waals surface area contributed by atoms with Gasteiger partial charge in [0.15, 0.2) is 0 Å². The summed E-state index contributed by atoms with van der Waals surface area (Å²) in [7, 11) is 4.07. The van der Waals surface area contributed by atoms with Gasteiger partial charge in [-0.25, -0.2) is 0 Å². The minimum absolute atomic E-state index is 0.0188. The molecule has 3 N–H and O–H groups in total. The topological polar surface area (TPSA) is 102 Å². The molecule has 0 aromatic heterocycles. The quantitative estimate of drug-likeness (QED) is 0.260. The molecule has 0 aromatic rings. The van der Waals surface area contributed by atoms with E-state index < -0.39 is 0 Å². The number of ether oxygens (including phenoxy) is 2. The van der Waals surface area contributed by atoms with E-state index in [9.17, 15) is 10.1 Å². The number of hydrogen-bond acceptors (Lipinski definition) is 8. The van der Waals surface area contributed by atoms with Crippen LogP contribution in [0.2, 0.25) is 0 Å². The Kier molecular flexibility index (Phi) is 13.7. The average molecular weight is 649 g/mol. The van der Waals surface area contributed by atoms with Crippen molar-refractivity contribution in [3.63, 3.8) is 0 Å². The Morgan fingerprint density at radius 1 is 1.07 bits per heavy atom. The number of carbonyl (C=O) groups excluding carboxylic acids is 1. The van der Waals surface area contributed by atoms with Crippen LogP contribution in [0.25, 0.3) is 0 Å². The maximum absolute atomic E-state index is 12.9. The van der Waals surface area contributed by atoms with E-state index >= 15 is 0 Å². The van der Waals surface area contributed by atoms with Crippen molar-refractivity contribution >= 4 is 17.5 Å². The highest BCUT2D eigenvalue weighted by atomic mass is 35.5. The zero-order valence-corrected chi connectivity index (χ0v) is 29.0. The molecule has 5 fully saturated rings. The average Bonchev–Trinajstić information content (AvgIpc) is 3.02. The van der Waals surface area contributed by atoms with Crippen molar-refractivity contribution in [2.24, 2.45) is 23.7 Å². The van der Waals surface area contributed by atoms with E-state index in [1.54, 1.807) is 0 Å². The summed E-state index contributed by atoms with van der Waals surface area (Å²) in [4.78, 5) is 17.6. The van der Waals surface area contributed by atoms with E-state index in [1.165, 1.54) is 45.2 Å². The van der Waals surface area contributed by atoms with Gasteiger partial charge < -0.3 is 35.2 Å². The second-order valence-electron chi connectivity index (χ2n) is 15.0. The van der Waals surface area contributed by atoms with Crippen LogP contribution in [0.3, 0.4) is 0 Å². The first-order valence-corrected chi connectivity index (χ1v) is 18.7. The standard InChI is InChI=1S/C35H61ClN6O3/c1-4-44-33-20-30-28(19-31(33)40-34(43)10-7-14-41(2)3)35(26(21-37)22-38-30)39-27-11-12-32(29(36)18-27)45-17-16-42-15-13-24-8-5-6-9-25(24)23-42/h24-33,35,38-39H,4-20,22-23H2,1-3H3,(H,40,43). The van der Waals surface area contributed by atoms with E-state index in [0.717, 1.165) is 70.1 Å². The second kappa shape index (κ2) is 17.4. The van der Waals surface area contributed by atoms with Crippen molar-refractivity contribution in [3.05, 3.63) is 0 Å². The fourth-order valence-electron chi connectivity index (χ4n) is 9.20. The molecule has 3 aliphatic carbocycles. The second-order valence-corrected chi connectivity index (χ2v) is 15.5. The molecular formula is C35H61ClN6O3. The number of piperidine rings is 2. The molecule has 5 rings (SSSR count). The Bertz CT molecular complexity index is 966. The molecule has 2 heterocycles. The lowest BCUT2D eigenvalue weighted by molar-refractivity contribution is -0.124. The summed E-state index contributed by atoms with van der Waals surface area (Å²) in [5.41, 5.74) is 0. The smallest absolute Gasteiger partial charge is 0.220 e. The Labute approximate surface area is 277 Å². The number of fused-ring (bicyclic) bond motifs is 2. The third-order valence-electron chi connectivity index (χ3n) is 11.6. The first-order valence-electron chi connectivity index (χ1n) is 18.3. The summed E-state index contributed by atoms with van der Waals surface area (Å²) in [6.07, 6.45) is 12.9. The van der Waals surface area contributed by atoms with Crippen molar-refractivity contribution in [1.29, 1.82) is 5.26 Å². The Hall–Kier alpha value is -0.990. The number of halogens is 1. The van der Waals surface area contributed by atoms with Crippen LogP contribution in [-0.2, 0) is 14.3 Å². The van der Waals surface area contributed by atoms with Crippen LogP contribution >= 0.6 is 11.6 Å². The minimum atomic E-state index is -0.123. The number of nitriles is 1. The molecule has 3 saturated carbocycles. The van der Waals surface area contributed by atoms with Gasteiger partial charge in [0, 0.05) is 50.8 Å². The molecule has 0 spiro atoms. The molecule has 0 bridgehead atoms. The third kappa shape index (κ3) is 9.78. The molecule has 45 heavy (non-hydrogen) atoms. The number of likely N-dealkylation sites (tertiary alicyclic amines) is 1. The first kappa shape index (κ1) is 35.3. The van der Waals surface area contributed by atoms with E-state index in [0.29, 0.717) is 19.6 Å². The molecule has 5 aliphatic rings. The van der Waals surface area contributed by atoms with Crippen molar-refractivity contribution < 1.29 is 14.3 Å². The van der Waals surface area contributed by atoms with Crippen LogP contribution < -0.4 is 16.0 Å². The number of alkyl halides is 1. The summed E-state index contributed by atoms with van der Waals surface area (Å²) in [6, 6.07) is 3.13. The van der Waals surface area contributed by atoms with Gasteiger partial charge in [0.05, 0.1) is 42.2 Å². The van der Waals surface area contributed by atoms with Crippen LogP contribution in [0, 0.1) is 35.0 Å². The van der Waals surface area contributed by atoms with Crippen molar-refractivity contribution in [3.8, 4) is 6.07 Å².